The Morgan fingerprint density at radius 1 is 0.606 bits per heavy atom. The molecule has 0 aliphatic heterocycles. The van der Waals surface area contributed by atoms with E-state index in [-0.39, 0.29) is 66.0 Å². The van der Waals surface area contributed by atoms with Crippen molar-refractivity contribution in [2.45, 2.75) is 79.3 Å². The number of carbonyl (C=O) groups is 4. The topological polar surface area (TPSA) is 218 Å². The minimum Gasteiger partial charge on any atom is -0.496 e. The number of esters is 1. The van der Waals surface area contributed by atoms with E-state index in [0.717, 1.165) is 33.3 Å². The van der Waals surface area contributed by atoms with Gasteiger partial charge in [0.2, 0.25) is 0 Å². The van der Waals surface area contributed by atoms with Crippen molar-refractivity contribution in [1.29, 1.82) is 0 Å². The number of aromatic nitrogens is 6. The second-order valence-corrected chi connectivity index (χ2v) is 17.3. The summed E-state index contributed by atoms with van der Waals surface area (Å²) in [6.45, 7) is 11.3. The molecule has 2 atom stereocenters. The lowest BCUT2D eigenvalue weighted by atomic mass is 10.0. The predicted molar refractivity (Wildman–Crippen MR) is 270 cm³/mol. The third-order valence-electron chi connectivity index (χ3n) is 12.9. The Kier molecular flexibility index (Phi) is 15.3. The number of benzene rings is 2. The first-order chi connectivity index (χ1) is 34.0. The lowest BCUT2D eigenvalue weighted by molar-refractivity contribution is 0.0599. The number of nitrogens with zero attached hydrogens (tertiary/aromatic N) is 4. The standard InChI is InChI=1S/C28H29N3O5.C27H27N3O5/c1-16-14-24(35-4)21(27(33)30-16)11-12-23(32)25-18(3)31(26-22(25)10-7-13-29-26)17(2)19-8-6-9-20(15-19)28(34)36-5;1-15-13-23(35-4)20(26(32)29-15)10-11-22(31)24-17(3)30(25-21(24)9-6-12-28-25)16(2)18-7-5-8-19(14-18)27(33)34/h6-10,13-15,17H,11-12H2,1-5H3,(H,30,33);5-9,12-14,16H,10-11H2,1-4H3,(H,29,32)(H,33,34). The van der Waals surface area contributed by atoms with Crippen molar-refractivity contribution >= 4 is 45.6 Å². The molecule has 0 amide bonds. The van der Waals surface area contributed by atoms with E-state index in [1.54, 1.807) is 80.8 Å². The number of aromatic carboxylic acids is 1. The third-order valence-corrected chi connectivity index (χ3v) is 12.9. The molecule has 0 radical (unpaired) electrons. The van der Waals surface area contributed by atoms with E-state index < -0.39 is 11.9 Å². The summed E-state index contributed by atoms with van der Waals surface area (Å²) in [5.41, 5.74) is 8.06. The van der Waals surface area contributed by atoms with Gasteiger partial charge in [-0.05, 0) is 126 Å². The van der Waals surface area contributed by atoms with E-state index in [0.29, 0.717) is 62.0 Å². The molecule has 6 heterocycles. The number of carbonyl (C=O) groups excluding carboxylic acids is 3. The number of rotatable bonds is 16. The first-order valence-corrected chi connectivity index (χ1v) is 23.0. The van der Waals surface area contributed by atoms with Crippen molar-refractivity contribution in [3.05, 3.63) is 185 Å². The normalized spacial score (nSPS) is 12.0. The van der Waals surface area contributed by atoms with Crippen LogP contribution in [-0.2, 0) is 17.6 Å². The van der Waals surface area contributed by atoms with Crippen LogP contribution in [0.1, 0.15) is 125 Å². The van der Waals surface area contributed by atoms with Crippen LogP contribution in [0.25, 0.3) is 22.1 Å². The molecule has 0 saturated carbocycles. The highest BCUT2D eigenvalue weighted by Crippen LogP contribution is 2.34. The van der Waals surface area contributed by atoms with Crippen LogP contribution in [0.4, 0.5) is 0 Å². The zero-order chi connectivity index (χ0) is 51.3. The number of nitrogens with one attached hydrogen (secondary N) is 2. The number of hydrogen-bond acceptors (Lipinski definition) is 11. The van der Waals surface area contributed by atoms with Crippen molar-refractivity contribution < 1.29 is 38.5 Å². The van der Waals surface area contributed by atoms with Gasteiger partial charge in [0.1, 0.15) is 22.8 Å². The highest BCUT2D eigenvalue weighted by molar-refractivity contribution is 6.09. The third kappa shape index (κ3) is 10.3. The maximum Gasteiger partial charge on any atom is 0.337 e. The number of methoxy groups -OCH3 is 3. The Bertz CT molecular complexity index is 3470. The largest absolute Gasteiger partial charge is 0.496 e. The number of Topliss-reactive ketones (excluding diaryl/α,β-unsaturated/α-hetero) is 2. The van der Waals surface area contributed by atoms with Crippen LogP contribution in [0.2, 0.25) is 0 Å². The number of fused-ring (bicyclic) bond motifs is 2. The number of carboxylic acids is 1. The summed E-state index contributed by atoms with van der Waals surface area (Å²) in [4.78, 5) is 90.2. The van der Waals surface area contributed by atoms with E-state index >= 15 is 0 Å². The SMILES string of the molecule is COC(=O)c1cccc(C(C)n2c(C)c(C(=O)CCc3c(OC)cc(C)[nH]c3=O)c3cccnc32)c1.COc1cc(C)[nH]c(=O)c1CCC(=O)c1c(C)n(C(C)c2cccc(C(=O)O)c2)c2ncccc12. The summed E-state index contributed by atoms with van der Waals surface area (Å²) in [5, 5.41) is 10.9. The number of aryl methyl sites for hydroxylation is 2. The lowest BCUT2D eigenvalue weighted by Crippen LogP contribution is -2.17. The van der Waals surface area contributed by atoms with Gasteiger partial charge in [-0.25, -0.2) is 19.6 Å². The molecule has 8 aromatic rings. The van der Waals surface area contributed by atoms with Gasteiger partial charge in [-0.15, -0.1) is 0 Å². The van der Waals surface area contributed by atoms with E-state index in [9.17, 15) is 33.9 Å². The van der Waals surface area contributed by atoms with Crippen molar-refractivity contribution in [2.75, 3.05) is 21.3 Å². The molecule has 0 aliphatic carbocycles. The summed E-state index contributed by atoms with van der Waals surface area (Å²) in [6.07, 6.45) is 4.12. The second kappa shape index (κ2) is 21.5. The molecule has 8 rings (SSSR count). The van der Waals surface area contributed by atoms with Crippen LogP contribution in [-0.4, -0.2) is 79.0 Å². The van der Waals surface area contributed by atoms with Crippen molar-refractivity contribution in [3.63, 3.8) is 0 Å². The number of ketones is 2. The monoisotopic (exact) mass is 960 g/mol. The Hall–Kier alpha value is -8.40. The molecule has 2 aromatic carbocycles. The van der Waals surface area contributed by atoms with Crippen molar-refractivity contribution in [3.8, 4) is 11.5 Å². The summed E-state index contributed by atoms with van der Waals surface area (Å²) in [7, 11) is 4.37. The molecule has 71 heavy (non-hydrogen) atoms. The lowest BCUT2D eigenvalue weighted by Gasteiger charge is -2.18. The van der Waals surface area contributed by atoms with Crippen molar-refractivity contribution in [1.82, 2.24) is 29.1 Å². The van der Waals surface area contributed by atoms with Gasteiger partial charge in [0, 0.05) is 69.9 Å². The number of pyridine rings is 4. The molecular formula is C55H56N6O10. The minimum atomic E-state index is -0.997. The van der Waals surface area contributed by atoms with Crippen molar-refractivity contribution in [2.24, 2.45) is 0 Å². The average molecular weight is 961 g/mol. The number of hydrogen-bond donors (Lipinski definition) is 3. The summed E-state index contributed by atoms with van der Waals surface area (Å²) < 4.78 is 19.6. The second-order valence-electron chi connectivity index (χ2n) is 17.3. The minimum absolute atomic E-state index is 0.0817. The molecule has 6 aromatic heterocycles. The molecular weight excluding hydrogens is 905 g/mol. The van der Waals surface area contributed by atoms with E-state index in [4.69, 9.17) is 14.2 Å². The van der Waals surface area contributed by atoms with Gasteiger partial charge >= 0.3 is 11.9 Å². The Labute approximate surface area is 409 Å². The van der Waals surface area contributed by atoms with Crippen LogP contribution < -0.4 is 20.6 Å². The smallest absolute Gasteiger partial charge is 0.337 e. The highest BCUT2D eigenvalue weighted by atomic mass is 16.5. The van der Waals surface area contributed by atoms with E-state index in [2.05, 4.69) is 19.9 Å². The fourth-order valence-electron chi connectivity index (χ4n) is 9.38. The molecule has 0 fully saturated rings. The quantitative estimate of drug-likeness (QED) is 0.0611. The van der Waals surface area contributed by atoms with Crippen LogP contribution in [0.5, 0.6) is 11.5 Å². The molecule has 16 heteroatoms. The summed E-state index contributed by atoms with van der Waals surface area (Å²) in [6, 6.07) is 24.4. The number of carboxylic acid groups (broad SMARTS) is 1. The van der Waals surface area contributed by atoms with Gasteiger partial charge in [-0.3, -0.25) is 19.2 Å². The number of aromatic amines is 2. The zero-order valence-electron chi connectivity index (χ0n) is 41.1. The first kappa shape index (κ1) is 50.5. The Morgan fingerprint density at radius 3 is 1.44 bits per heavy atom. The molecule has 3 N–H and O–H groups in total. The van der Waals surface area contributed by atoms with Gasteiger partial charge in [0.15, 0.2) is 11.6 Å². The maximum atomic E-state index is 13.5. The average Bonchev–Trinajstić information content (AvgIpc) is 3.83. The maximum absolute atomic E-state index is 13.5. The Morgan fingerprint density at radius 2 is 1.03 bits per heavy atom. The molecule has 16 nitrogen and oxygen atoms in total. The van der Waals surface area contributed by atoms with E-state index in [1.165, 1.54) is 21.3 Å². The van der Waals surface area contributed by atoms with Crippen LogP contribution in [0.15, 0.2) is 107 Å². The molecule has 0 aliphatic rings. The fourth-order valence-corrected chi connectivity index (χ4v) is 9.38. The number of ether oxygens (including phenoxy) is 3. The van der Waals surface area contributed by atoms with Crippen LogP contribution in [0.3, 0.4) is 0 Å². The molecule has 0 saturated heterocycles. The summed E-state index contributed by atoms with van der Waals surface area (Å²) in [5.74, 6) is -0.650. The predicted octanol–water partition coefficient (Wildman–Crippen LogP) is 9.03. The molecule has 366 valence electrons. The molecule has 0 spiro atoms. The van der Waals surface area contributed by atoms with Gasteiger partial charge in [-0.1, -0.05) is 24.3 Å². The molecule has 0 bridgehead atoms. The Balaban J connectivity index is 0.000000209. The van der Waals surface area contributed by atoms with Gasteiger partial charge in [0.25, 0.3) is 11.1 Å². The fraction of sp³-hybridized carbons (Fsp3) is 0.273. The van der Waals surface area contributed by atoms with Crippen LogP contribution >= 0.6 is 0 Å². The van der Waals surface area contributed by atoms with E-state index in [1.807, 2.05) is 67.2 Å². The van der Waals surface area contributed by atoms with Gasteiger partial charge in [-0.2, -0.15) is 0 Å². The molecule has 2 unspecified atom stereocenters. The zero-order valence-corrected chi connectivity index (χ0v) is 41.1. The number of H-pyrrole nitrogens is 2. The summed E-state index contributed by atoms with van der Waals surface area (Å²) >= 11 is 0. The van der Waals surface area contributed by atoms with Gasteiger partial charge < -0.3 is 38.4 Å². The van der Waals surface area contributed by atoms with Gasteiger partial charge in [0.05, 0.1) is 55.7 Å². The first-order valence-electron chi connectivity index (χ1n) is 23.0. The van der Waals surface area contributed by atoms with Crippen LogP contribution in [0, 0.1) is 27.7 Å². The highest BCUT2D eigenvalue weighted by Gasteiger charge is 2.27.